The van der Waals surface area contributed by atoms with Gasteiger partial charge in [-0.25, -0.2) is 5.06 Å². The van der Waals surface area contributed by atoms with E-state index in [0.717, 1.165) is 16.4 Å². The van der Waals surface area contributed by atoms with Crippen LogP contribution in [0.3, 0.4) is 0 Å². The van der Waals surface area contributed by atoms with Gasteiger partial charge in [0.15, 0.2) is 6.10 Å². The van der Waals surface area contributed by atoms with Crippen molar-refractivity contribution in [1.82, 2.24) is 5.06 Å². The normalized spacial score (nSPS) is 12.3. The fourth-order valence-electron chi connectivity index (χ4n) is 1.63. The molecule has 0 saturated carbocycles. The van der Waals surface area contributed by atoms with Crippen LogP contribution < -0.4 is 4.74 Å². The second-order valence-corrected chi connectivity index (χ2v) is 4.37. The van der Waals surface area contributed by atoms with Crippen molar-refractivity contribution in [3.8, 4) is 5.75 Å². The first-order valence-corrected chi connectivity index (χ1v) is 6.10. The molecule has 1 aromatic carbocycles. The molecule has 1 unspecified atom stereocenters. The molecule has 1 amide bonds. The molecular formula is C14H21NO4. The molecule has 0 aliphatic heterocycles. The molecule has 1 atom stereocenters. The predicted molar refractivity (Wildman–Crippen MR) is 71.7 cm³/mol. The predicted octanol–water partition coefficient (Wildman–Crippen LogP) is 2.18. The number of amides is 1. The third-order valence-electron chi connectivity index (χ3n) is 2.60. The molecule has 0 heterocycles. The smallest absolute Gasteiger partial charge is 0.279 e. The van der Waals surface area contributed by atoms with Crippen LogP contribution in [-0.4, -0.2) is 38.3 Å². The SMILES string of the molecule is COC(C(=O)N(C)OC)c1ccc(OC(C)C)cc1. The van der Waals surface area contributed by atoms with E-state index in [1.807, 2.05) is 38.1 Å². The van der Waals surface area contributed by atoms with Gasteiger partial charge in [-0.1, -0.05) is 12.1 Å². The zero-order valence-corrected chi connectivity index (χ0v) is 12.0. The number of likely N-dealkylation sites (N-methyl/N-ethyl adjacent to an activating group) is 1. The minimum Gasteiger partial charge on any atom is -0.491 e. The number of benzene rings is 1. The summed E-state index contributed by atoms with van der Waals surface area (Å²) < 4.78 is 10.8. The number of rotatable bonds is 6. The Morgan fingerprint density at radius 2 is 1.74 bits per heavy atom. The van der Waals surface area contributed by atoms with E-state index in [1.54, 1.807) is 7.05 Å². The Hall–Kier alpha value is -1.59. The molecule has 0 N–H and O–H groups in total. The van der Waals surface area contributed by atoms with E-state index in [9.17, 15) is 4.79 Å². The van der Waals surface area contributed by atoms with Crippen molar-refractivity contribution in [3.05, 3.63) is 29.8 Å². The van der Waals surface area contributed by atoms with Gasteiger partial charge in [0.2, 0.25) is 0 Å². The van der Waals surface area contributed by atoms with Crippen molar-refractivity contribution in [3.63, 3.8) is 0 Å². The third kappa shape index (κ3) is 4.22. The zero-order valence-electron chi connectivity index (χ0n) is 12.0. The number of hydrogen-bond donors (Lipinski definition) is 0. The standard InChI is InChI=1S/C14H21NO4/c1-10(2)19-12-8-6-11(7-9-12)13(17-4)14(16)15(3)18-5/h6-10,13H,1-5H3. The maximum Gasteiger partial charge on any atom is 0.279 e. The van der Waals surface area contributed by atoms with E-state index in [-0.39, 0.29) is 12.0 Å². The van der Waals surface area contributed by atoms with Crippen molar-refractivity contribution < 1.29 is 19.1 Å². The largest absolute Gasteiger partial charge is 0.491 e. The lowest BCUT2D eigenvalue weighted by Gasteiger charge is -2.21. The highest BCUT2D eigenvalue weighted by atomic mass is 16.7. The van der Waals surface area contributed by atoms with Gasteiger partial charge < -0.3 is 9.47 Å². The number of hydroxylamine groups is 2. The second kappa shape index (κ2) is 7.11. The van der Waals surface area contributed by atoms with Crippen LogP contribution in [0.4, 0.5) is 0 Å². The Kier molecular flexibility index (Phi) is 5.79. The number of ether oxygens (including phenoxy) is 2. The highest BCUT2D eigenvalue weighted by Gasteiger charge is 2.23. The number of methoxy groups -OCH3 is 1. The first-order valence-electron chi connectivity index (χ1n) is 6.10. The number of carbonyl (C=O) groups is 1. The Morgan fingerprint density at radius 1 is 1.16 bits per heavy atom. The van der Waals surface area contributed by atoms with Crippen LogP contribution in [0.2, 0.25) is 0 Å². The monoisotopic (exact) mass is 267 g/mol. The minimum atomic E-state index is -0.682. The summed E-state index contributed by atoms with van der Waals surface area (Å²) in [5.41, 5.74) is 0.757. The molecule has 0 fully saturated rings. The average molecular weight is 267 g/mol. The van der Waals surface area contributed by atoms with Crippen LogP contribution in [0.15, 0.2) is 24.3 Å². The fraction of sp³-hybridized carbons (Fsp3) is 0.500. The van der Waals surface area contributed by atoms with Gasteiger partial charge in [-0.2, -0.15) is 0 Å². The summed E-state index contributed by atoms with van der Waals surface area (Å²) in [4.78, 5) is 16.9. The van der Waals surface area contributed by atoms with Crippen LogP contribution in [0.5, 0.6) is 5.75 Å². The molecule has 0 aliphatic carbocycles. The second-order valence-electron chi connectivity index (χ2n) is 4.37. The molecule has 0 saturated heterocycles. The molecule has 19 heavy (non-hydrogen) atoms. The third-order valence-corrected chi connectivity index (χ3v) is 2.60. The zero-order chi connectivity index (χ0) is 14.4. The Bertz CT molecular complexity index is 402. The van der Waals surface area contributed by atoms with Crippen LogP contribution >= 0.6 is 0 Å². The maximum atomic E-state index is 12.0. The molecule has 1 aromatic rings. The fourth-order valence-corrected chi connectivity index (χ4v) is 1.63. The van der Waals surface area contributed by atoms with Crippen LogP contribution in [0, 0.1) is 0 Å². The molecule has 0 aliphatic rings. The summed E-state index contributed by atoms with van der Waals surface area (Å²) in [6.45, 7) is 3.92. The van der Waals surface area contributed by atoms with Crippen molar-refractivity contribution in [2.45, 2.75) is 26.1 Å². The van der Waals surface area contributed by atoms with E-state index in [0.29, 0.717) is 0 Å². The van der Waals surface area contributed by atoms with Gasteiger partial charge in [-0.05, 0) is 31.5 Å². The van der Waals surface area contributed by atoms with E-state index >= 15 is 0 Å². The lowest BCUT2D eigenvalue weighted by Crippen LogP contribution is -2.31. The van der Waals surface area contributed by atoms with E-state index in [1.165, 1.54) is 14.2 Å². The van der Waals surface area contributed by atoms with Crippen molar-refractivity contribution >= 4 is 5.91 Å². The van der Waals surface area contributed by atoms with Crippen LogP contribution in [0.1, 0.15) is 25.5 Å². The molecule has 0 aromatic heterocycles. The van der Waals surface area contributed by atoms with Crippen molar-refractivity contribution in [2.24, 2.45) is 0 Å². The molecule has 1 rings (SSSR count). The first kappa shape index (κ1) is 15.5. The Labute approximate surface area is 114 Å². The van der Waals surface area contributed by atoms with Gasteiger partial charge in [0.05, 0.1) is 13.2 Å². The van der Waals surface area contributed by atoms with Gasteiger partial charge >= 0.3 is 0 Å². The summed E-state index contributed by atoms with van der Waals surface area (Å²) in [7, 11) is 4.47. The first-order chi connectivity index (χ1) is 8.99. The van der Waals surface area contributed by atoms with Crippen molar-refractivity contribution in [1.29, 1.82) is 0 Å². The Morgan fingerprint density at radius 3 is 2.16 bits per heavy atom. The number of nitrogens with zero attached hydrogens (tertiary/aromatic N) is 1. The molecule has 0 bridgehead atoms. The highest BCUT2D eigenvalue weighted by Crippen LogP contribution is 2.22. The van der Waals surface area contributed by atoms with Crippen LogP contribution in [-0.2, 0) is 14.4 Å². The molecule has 0 spiro atoms. The van der Waals surface area contributed by atoms with Crippen LogP contribution in [0.25, 0.3) is 0 Å². The van der Waals surface area contributed by atoms with Gasteiger partial charge in [0, 0.05) is 14.2 Å². The quantitative estimate of drug-likeness (QED) is 0.741. The lowest BCUT2D eigenvalue weighted by atomic mass is 10.1. The molecule has 0 radical (unpaired) electrons. The van der Waals surface area contributed by atoms with E-state index in [4.69, 9.17) is 14.3 Å². The van der Waals surface area contributed by atoms with Crippen molar-refractivity contribution in [2.75, 3.05) is 21.3 Å². The van der Waals surface area contributed by atoms with Gasteiger partial charge in [0.1, 0.15) is 5.75 Å². The van der Waals surface area contributed by atoms with E-state index in [2.05, 4.69) is 0 Å². The average Bonchev–Trinajstić information content (AvgIpc) is 2.39. The summed E-state index contributed by atoms with van der Waals surface area (Å²) in [6, 6.07) is 7.27. The Balaban J connectivity index is 2.85. The van der Waals surface area contributed by atoms with Gasteiger partial charge in [0.25, 0.3) is 5.91 Å². The van der Waals surface area contributed by atoms with Gasteiger partial charge in [-0.3, -0.25) is 9.63 Å². The minimum absolute atomic E-state index is 0.116. The summed E-state index contributed by atoms with van der Waals surface area (Å²) in [6.07, 6.45) is -0.566. The van der Waals surface area contributed by atoms with Gasteiger partial charge in [-0.15, -0.1) is 0 Å². The maximum absolute atomic E-state index is 12.0. The molecule has 5 nitrogen and oxygen atoms in total. The number of hydrogen-bond acceptors (Lipinski definition) is 4. The highest BCUT2D eigenvalue weighted by molar-refractivity contribution is 5.81. The summed E-state index contributed by atoms with van der Waals surface area (Å²) >= 11 is 0. The lowest BCUT2D eigenvalue weighted by molar-refractivity contribution is -0.179. The van der Waals surface area contributed by atoms with E-state index < -0.39 is 6.10 Å². The summed E-state index contributed by atoms with van der Waals surface area (Å²) in [5.74, 6) is 0.503. The topological polar surface area (TPSA) is 48.0 Å². The number of carbonyl (C=O) groups excluding carboxylic acids is 1. The molecule has 5 heteroatoms. The molecular weight excluding hydrogens is 246 g/mol. The molecule has 106 valence electrons. The summed E-state index contributed by atoms with van der Waals surface area (Å²) in [5, 5.41) is 1.15.